The molecule has 2 N–H and O–H groups in total. The van der Waals surface area contributed by atoms with Gasteiger partial charge in [-0.15, -0.1) is 0 Å². The summed E-state index contributed by atoms with van der Waals surface area (Å²) in [7, 11) is 0. The average Bonchev–Trinajstić information content (AvgIpc) is 3.51. The number of nitrogens with one attached hydrogen (secondary N) is 2. The van der Waals surface area contributed by atoms with Gasteiger partial charge in [-0.3, -0.25) is 14.9 Å². The largest absolute Gasteiger partial charge is 0.444 e. The molecule has 258 valence electrons. The fourth-order valence-electron chi connectivity index (χ4n) is 3.90. The molecule has 0 atom stereocenters. The third-order valence-electron chi connectivity index (χ3n) is 6.11. The number of amides is 2. The van der Waals surface area contributed by atoms with Gasteiger partial charge in [-0.1, -0.05) is 25.0 Å². The van der Waals surface area contributed by atoms with Crippen LogP contribution in [0.25, 0.3) is 0 Å². The molecule has 2 aromatic rings. The lowest BCUT2D eigenvalue weighted by atomic mass is 10.1. The maximum absolute atomic E-state index is 12.2. The summed E-state index contributed by atoms with van der Waals surface area (Å²) in [6.45, 7) is 10.8. The summed E-state index contributed by atoms with van der Waals surface area (Å²) in [6.07, 6.45) is 4.70. The Morgan fingerprint density at radius 2 is 1.28 bits per heavy atom. The van der Waals surface area contributed by atoms with Crippen LogP contribution < -0.4 is 10.6 Å². The zero-order chi connectivity index (χ0) is 33.5. The van der Waals surface area contributed by atoms with Crippen LogP contribution in [-0.4, -0.2) is 95.1 Å². The lowest BCUT2D eigenvalue weighted by Crippen LogP contribution is -2.34. The highest BCUT2D eigenvalue weighted by Gasteiger charge is 2.17. The SMILES string of the molecule is CC(C)(C)OC(=O)NCCOCCOCCOCCOCCOCCCCCCc1ccc(NC(=O)c2ccc([N+](=O)[O-])o2)cc1. The number of hydrogen-bond donors (Lipinski definition) is 2. The number of rotatable bonds is 25. The van der Waals surface area contributed by atoms with Gasteiger partial charge in [-0.2, -0.15) is 0 Å². The molecule has 2 amide bonds. The number of carbonyl (C=O) groups is 2. The Kier molecular flexibility index (Phi) is 19.2. The molecule has 1 aromatic heterocycles. The van der Waals surface area contributed by atoms with Crippen LogP contribution in [0.2, 0.25) is 0 Å². The van der Waals surface area contributed by atoms with Gasteiger partial charge < -0.3 is 43.5 Å². The monoisotopic (exact) mass is 651 g/mol. The zero-order valence-electron chi connectivity index (χ0n) is 27.2. The maximum atomic E-state index is 12.2. The summed E-state index contributed by atoms with van der Waals surface area (Å²) >= 11 is 0. The fourth-order valence-corrected chi connectivity index (χ4v) is 3.90. The molecule has 0 bridgehead atoms. The van der Waals surface area contributed by atoms with Crippen LogP contribution in [0.4, 0.5) is 16.4 Å². The van der Waals surface area contributed by atoms with E-state index in [1.165, 1.54) is 11.6 Å². The highest BCUT2D eigenvalue weighted by atomic mass is 16.6. The molecule has 1 heterocycles. The molecular weight excluding hydrogens is 602 g/mol. The Bertz CT molecular complexity index is 1130. The number of carbonyl (C=O) groups excluding carboxylic acids is 2. The molecule has 0 saturated heterocycles. The van der Waals surface area contributed by atoms with E-state index >= 15 is 0 Å². The van der Waals surface area contributed by atoms with Crippen LogP contribution in [0.15, 0.2) is 40.8 Å². The predicted molar refractivity (Wildman–Crippen MR) is 170 cm³/mol. The Balaban J connectivity index is 1.30. The molecule has 2 rings (SSSR count). The van der Waals surface area contributed by atoms with Gasteiger partial charge >= 0.3 is 12.0 Å². The third-order valence-corrected chi connectivity index (χ3v) is 6.11. The molecule has 14 heteroatoms. The number of nitrogens with zero attached hydrogens (tertiary/aromatic N) is 1. The minimum absolute atomic E-state index is 0.111. The summed E-state index contributed by atoms with van der Waals surface area (Å²) in [4.78, 5) is 33.7. The van der Waals surface area contributed by atoms with E-state index in [1.807, 2.05) is 32.9 Å². The first kappa shape index (κ1) is 38.6. The van der Waals surface area contributed by atoms with Gasteiger partial charge in [0.25, 0.3) is 5.91 Å². The van der Waals surface area contributed by atoms with Crippen LogP contribution in [0.1, 0.15) is 62.6 Å². The molecule has 0 aliphatic rings. The number of hydrogen-bond acceptors (Lipinski definition) is 11. The average molecular weight is 652 g/mol. The standard InChI is InChI=1S/C32H49N3O11/c1-32(2,3)46-31(37)33-15-17-41-19-21-43-23-25-44-24-22-42-20-18-40-16-7-5-4-6-8-26-9-11-27(12-10-26)34-30(36)28-13-14-29(45-28)35(38)39/h9-14H,4-8,15-25H2,1-3H3,(H,33,37)(H,34,36). The lowest BCUT2D eigenvalue weighted by Gasteiger charge is -2.19. The number of furan rings is 1. The molecular formula is C32H49N3O11. The van der Waals surface area contributed by atoms with Crippen molar-refractivity contribution in [2.75, 3.05) is 77.9 Å². The second-order valence-corrected chi connectivity index (χ2v) is 11.2. The topological polar surface area (TPSA) is 170 Å². The first-order chi connectivity index (χ1) is 22.1. The molecule has 0 spiro atoms. The second kappa shape index (κ2) is 22.9. The highest BCUT2D eigenvalue weighted by molar-refractivity contribution is 6.02. The molecule has 0 saturated carbocycles. The minimum atomic E-state index is -0.686. The van der Waals surface area contributed by atoms with Crippen molar-refractivity contribution in [1.29, 1.82) is 0 Å². The molecule has 0 radical (unpaired) electrons. The van der Waals surface area contributed by atoms with Gasteiger partial charge in [0.1, 0.15) is 10.5 Å². The summed E-state index contributed by atoms with van der Waals surface area (Å²) in [5.74, 6) is -1.12. The van der Waals surface area contributed by atoms with Crippen molar-refractivity contribution < 1.29 is 47.4 Å². The number of aryl methyl sites for hydroxylation is 1. The predicted octanol–water partition coefficient (Wildman–Crippen LogP) is 5.15. The first-order valence-electron chi connectivity index (χ1n) is 15.6. The third kappa shape index (κ3) is 19.1. The maximum Gasteiger partial charge on any atom is 0.433 e. The molecule has 0 aliphatic carbocycles. The van der Waals surface area contributed by atoms with E-state index in [0.29, 0.717) is 78.3 Å². The lowest BCUT2D eigenvalue weighted by molar-refractivity contribution is -0.402. The van der Waals surface area contributed by atoms with E-state index in [2.05, 4.69) is 10.6 Å². The normalized spacial score (nSPS) is 11.4. The van der Waals surface area contributed by atoms with Gasteiger partial charge in [0.2, 0.25) is 0 Å². The highest BCUT2D eigenvalue weighted by Crippen LogP contribution is 2.18. The molecule has 0 fully saturated rings. The molecule has 1 aromatic carbocycles. The quantitative estimate of drug-likeness (QED) is 0.0827. The van der Waals surface area contributed by atoms with Crippen LogP contribution >= 0.6 is 0 Å². The van der Waals surface area contributed by atoms with Crippen molar-refractivity contribution in [3.8, 4) is 0 Å². The van der Waals surface area contributed by atoms with Crippen molar-refractivity contribution in [3.05, 3.63) is 57.8 Å². The summed E-state index contributed by atoms with van der Waals surface area (Å²) in [5, 5.41) is 16.0. The van der Waals surface area contributed by atoms with Crippen molar-refractivity contribution in [2.45, 2.75) is 58.5 Å². The van der Waals surface area contributed by atoms with Crippen molar-refractivity contribution in [1.82, 2.24) is 5.32 Å². The number of nitro groups is 1. The van der Waals surface area contributed by atoms with Gasteiger partial charge in [0.05, 0.1) is 65.5 Å². The van der Waals surface area contributed by atoms with Gasteiger partial charge in [-0.25, -0.2) is 4.79 Å². The van der Waals surface area contributed by atoms with Crippen LogP contribution in [0.5, 0.6) is 0 Å². The van der Waals surface area contributed by atoms with E-state index in [0.717, 1.165) is 38.2 Å². The number of ether oxygens (including phenoxy) is 6. The Labute approximate surface area is 270 Å². The van der Waals surface area contributed by atoms with Gasteiger partial charge in [0, 0.05) is 18.8 Å². The van der Waals surface area contributed by atoms with Crippen molar-refractivity contribution in [3.63, 3.8) is 0 Å². The molecule has 46 heavy (non-hydrogen) atoms. The summed E-state index contributed by atoms with van der Waals surface area (Å²) in [5.41, 5.74) is 1.25. The van der Waals surface area contributed by atoms with Crippen LogP contribution in [0, 0.1) is 10.1 Å². The van der Waals surface area contributed by atoms with Crippen molar-refractivity contribution in [2.24, 2.45) is 0 Å². The minimum Gasteiger partial charge on any atom is -0.444 e. The molecule has 0 unspecified atom stereocenters. The smallest absolute Gasteiger partial charge is 0.433 e. The number of alkyl carbamates (subject to hydrolysis) is 1. The molecule has 14 nitrogen and oxygen atoms in total. The van der Waals surface area contributed by atoms with E-state index < -0.39 is 28.4 Å². The van der Waals surface area contributed by atoms with E-state index in [4.69, 9.17) is 32.8 Å². The Morgan fingerprint density at radius 1 is 0.739 bits per heavy atom. The summed E-state index contributed by atoms with van der Waals surface area (Å²) in [6, 6.07) is 9.95. The van der Waals surface area contributed by atoms with E-state index in [-0.39, 0.29) is 5.76 Å². The van der Waals surface area contributed by atoms with Crippen molar-refractivity contribution >= 4 is 23.6 Å². The molecule has 0 aliphatic heterocycles. The number of benzene rings is 1. The zero-order valence-corrected chi connectivity index (χ0v) is 27.2. The number of unbranched alkanes of at least 4 members (excludes halogenated alkanes) is 3. The first-order valence-corrected chi connectivity index (χ1v) is 15.6. The van der Waals surface area contributed by atoms with Gasteiger partial charge in [0.15, 0.2) is 5.76 Å². The number of anilines is 1. The summed E-state index contributed by atoms with van der Waals surface area (Å²) < 4.78 is 37.5. The fraction of sp³-hybridized carbons (Fsp3) is 0.625. The second-order valence-electron chi connectivity index (χ2n) is 11.2. The Hall–Kier alpha value is -3.56. The van der Waals surface area contributed by atoms with E-state index in [9.17, 15) is 19.7 Å². The van der Waals surface area contributed by atoms with Crippen LogP contribution in [0.3, 0.4) is 0 Å². The van der Waals surface area contributed by atoms with Gasteiger partial charge in [-0.05, 0) is 63.8 Å². The Morgan fingerprint density at radius 3 is 1.83 bits per heavy atom. The van der Waals surface area contributed by atoms with Crippen LogP contribution in [-0.2, 0) is 34.8 Å². The van der Waals surface area contributed by atoms with E-state index in [1.54, 1.807) is 12.1 Å².